The Morgan fingerprint density at radius 1 is 0.714 bits per heavy atom. The molecular weight excluding hydrogens is 459 g/mol. The van der Waals surface area contributed by atoms with E-state index in [0.29, 0.717) is 12.8 Å². The smallest absolute Gasteiger partial charge is 0.466 e. The number of aliphatic hydroxyl groups excluding tert-OH is 3. The van der Waals surface area contributed by atoms with E-state index >= 15 is 0 Å². The van der Waals surface area contributed by atoms with Crippen molar-refractivity contribution in [1.29, 1.82) is 0 Å². The van der Waals surface area contributed by atoms with Gasteiger partial charge >= 0.3 is 35.5 Å². The predicted octanol–water partition coefficient (Wildman–Crippen LogP) is 1.84. The Morgan fingerprint density at radius 2 is 1.20 bits per heavy atom. The Labute approximate surface area is 236 Å². The summed E-state index contributed by atoms with van der Waals surface area (Å²) < 4.78 is 15.8. The fourth-order valence-corrected chi connectivity index (χ4v) is 4.21. The van der Waals surface area contributed by atoms with Gasteiger partial charge in [0.2, 0.25) is 0 Å². The Kier molecular flexibility index (Phi) is 23.6. The maximum atomic E-state index is 11.8. The van der Waals surface area contributed by atoms with Crippen molar-refractivity contribution in [3.63, 3.8) is 0 Å². The zero-order chi connectivity index (χ0) is 25.0. The van der Waals surface area contributed by atoms with Gasteiger partial charge in [0.05, 0.1) is 19.3 Å². The summed E-state index contributed by atoms with van der Waals surface area (Å²) in [5.74, 6) is -0.194. The van der Waals surface area contributed by atoms with Crippen molar-refractivity contribution >= 4 is 5.97 Å². The van der Waals surface area contributed by atoms with Crippen LogP contribution in [-0.2, 0) is 19.0 Å². The van der Waals surface area contributed by atoms with Crippen LogP contribution >= 0.6 is 0 Å². The van der Waals surface area contributed by atoms with Gasteiger partial charge < -0.3 is 36.5 Å². The minimum Gasteiger partial charge on any atom is -0.466 e. The van der Waals surface area contributed by atoms with E-state index in [2.05, 4.69) is 13.8 Å². The van der Waals surface area contributed by atoms with E-state index in [9.17, 15) is 20.1 Å². The molecule has 0 bridgehead atoms. The van der Waals surface area contributed by atoms with E-state index in [1.54, 1.807) is 0 Å². The molecule has 1 fully saturated rings. The Hall–Kier alpha value is 0.270. The molecule has 3 N–H and O–H groups in total. The fourth-order valence-electron chi connectivity index (χ4n) is 4.21. The standard InChI is InChI=1S/C27H51O7.Na/c1-3-4-5-6-7-8-9-10-11-12-13-14-15-16-17-19-23(28)32-20-18-21-33-27-26(31)25(30)24(29)22(2)34-27;/h22,24-27,29-31H,2-21H2,1H3;/q-1;+1/t22-,24-,25+,26-,27+;/m1./s1. The van der Waals surface area contributed by atoms with Crippen LogP contribution in [-0.4, -0.2) is 65.2 Å². The summed E-state index contributed by atoms with van der Waals surface area (Å²) in [4.78, 5) is 11.8. The molecule has 202 valence electrons. The van der Waals surface area contributed by atoms with E-state index in [4.69, 9.17) is 14.2 Å². The van der Waals surface area contributed by atoms with Gasteiger partial charge in [-0.3, -0.25) is 4.79 Å². The minimum absolute atomic E-state index is 0. The number of ether oxygens (including phenoxy) is 3. The van der Waals surface area contributed by atoms with Crippen LogP contribution in [0, 0.1) is 6.92 Å². The number of rotatable bonds is 21. The molecule has 0 radical (unpaired) electrons. The Bertz CT molecular complexity index is 494. The van der Waals surface area contributed by atoms with Crippen molar-refractivity contribution in [2.24, 2.45) is 0 Å². The molecule has 1 heterocycles. The van der Waals surface area contributed by atoms with Crippen LogP contribution in [0.2, 0.25) is 0 Å². The second-order valence-corrected chi connectivity index (χ2v) is 9.66. The SMILES string of the molecule is [CH2-][C@H]1O[C@H](OCCCOC(=O)CCCCCCCCCCCCCCCCC)[C@H](O)[C@@H](O)[C@@H]1O.[Na+]. The van der Waals surface area contributed by atoms with E-state index in [1.807, 2.05) is 0 Å². The summed E-state index contributed by atoms with van der Waals surface area (Å²) in [5.41, 5.74) is 0. The van der Waals surface area contributed by atoms with Crippen molar-refractivity contribution < 1.29 is 63.9 Å². The molecule has 0 aromatic heterocycles. The van der Waals surface area contributed by atoms with Gasteiger partial charge in [0, 0.05) is 12.8 Å². The number of hydrogen-bond donors (Lipinski definition) is 3. The summed E-state index contributed by atoms with van der Waals surface area (Å²) in [6.45, 7) is 6.26. The van der Waals surface area contributed by atoms with E-state index in [0.717, 1.165) is 12.8 Å². The van der Waals surface area contributed by atoms with Crippen molar-refractivity contribution in [3.05, 3.63) is 6.92 Å². The average Bonchev–Trinajstić information content (AvgIpc) is 2.83. The maximum absolute atomic E-state index is 11.8. The first-order valence-corrected chi connectivity index (χ1v) is 13.8. The van der Waals surface area contributed by atoms with Crippen LogP contribution in [0.5, 0.6) is 0 Å². The van der Waals surface area contributed by atoms with Crippen LogP contribution in [0.15, 0.2) is 0 Å². The third kappa shape index (κ3) is 17.4. The van der Waals surface area contributed by atoms with Crippen LogP contribution in [0.25, 0.3) is 0 Å². The van der Waals surface area contributed by atoms with Gasteiger partial charge in [-0.15, -0.1) is 0 Å². The second kappa shape index (κ2) is 23.4. The molecule has 1 aliphatic heterocycles. The quantitative estimate of drug-likeness (QED) is 0.0937. The van der Waals surface area contributed by atoms with E-state index in [1.165, 1.54) is 83.5 Å². The third-order valence-electron chi connectivity index (χ3n) is 6.49. The largest absolute Gasteiger partial charge is 1.00 e. The van der Waals surface area contributed by atoms with Gasteiger partial charge in [0.1, 0.15) is 12.2 Å². The van der Waals surface area contributed by atoms with Crippen LogP contribution in [0.3, 0.4) is 0 Å². The van der Waals surface area contributed by atoms with Gasteiger partial charge in [0.15, 0.2) is 6.29 Å². The molecular formula is C27H51NaO7. The molecule has 5 atom stereocenters. The van der Waals surface area contributed by atoms with Crippen LogP contribution < -0.4 is 29.6 Å². The molecule has 0 unspecified atom stereocenters. The molecule has 1 aliphatic rings. The molecule has 1 saturated heterocycles. The molecule has 0 aromatic rings. The van der Waals surface area contributed by atoms with Crippen molar-refractivity contribution in [3.8, 4) is 0 Å². The number of aliphatic hydroxyl groups is 3. The van der Waals surface area contributed by atoms with E-state index < -0.39 is 30.7 Å². The summed E-state index contributed by atoms with van der Waals surface area (Å²) in [6, 6.07) is 0. The zero-order valence-electron chi connectivity index (χ0n) is 22.5. The maximum Gasteiger partial charge on any atom is 1.00 e. The topological polar surface area (TPSA) is 105 Å². The minimum atomic E-state index is -1.37. The van der Waals surface area contributed by atoms with Gasteiger partial charge in [-0.05, 0) is 12.5 Å². The normalized spacial score (nSPS) is 24.2. The summed E-state index contributed by atoms with van der Waals surface area (Å²) in [7, 11) is 0. The first-order valence-electron chi connectivity index (χ1n) is 13.8. The zero-order valence-corrected chi connectivity index (χ0v) is 24.5. The number of carbonyl (C=O) groups excluding carboxylic acids is 1. The molecule has 1 rings (SSSR count). The Morgan fingerprint density at radius 3 is 1.71 bits per heavy atom. The fraction of sp³-hybridized carbons (Fsp3) is 0.926. The summed E-state index contributed by atoms with van der Waals surface area (Å²) in [6.07, 6.45) is 14.4. The number of hydrogen-bond acceptors (Lipinski definition) is 7. The molecule has 35 heavy (non-hydrogen) atoms. The molecule has 8 heteroatoms. The third-order valence-corrected chi connectivity index (χ3v) is 6.49. The van der Waals surface area contributed by atoms with E-state index in [-0.39, 0.29) is 48.7 Å². The molecule has 7 nitrogen and oxygen atoms in total. The number of carbonyl (C=O) groups is 1. The van der Waals surface area contributed by atoms with Gasteiger partial charge in [-0.1, -0.05) is 96.8 Å². The predicted molar refractivity (Wildman–Crippen MR) is 133 cm³/mol. The molecule has 0 saturated carbocycles. The summed E-state index contributed by atoms with van der Waals surface area (Å²) in [5, 5.41) is 29.2. The number of unbranched alkanes of at least 4 members (excludes halogenated alkanes) is 14. The molecule has 0 aliphatic carbocycles. The molecule has 0 spiro atoms. The van der Waals surface area contributed by atoms with Crippen molar-refractivity contribution in [2.75, 3.05) is 13.2 Å². The van der Waals surface area contributed by atoms with Gasteiger partial charge in [-0.2, -0.15) is 0 Å². The molecule has 0 amide bonds. The van der Waals surface area contributed by atoms with Gasteiger partial charge in [0.25, 0.3) is 0 Å². The van der Waals surface area contributed by atoms with Crippen molar-refractivity contribution in [2.45, 2.75) is 147 Å². The van der Waals surface area contributed by atoms with Crippen LogP contribution in [0.4, 0.5) is 0 Å². The van der Waals surface area contributed by atoms with Gasteiger partial charge in [-0.25, -0.2) is 0 Å². The monoisotopic (exact) mass is 510 g/mol. The first-order chi connectivity index (χ1) is 16.5. The average molecular weight is 511 g/mol. The number of esters is 1. The van der Waals surface area contributed by atoms with Crippen molar-refractivity contribution in [1.82, 2.24) is 0 Å². The first kappa shape index (κ1) is 35.3. The summed E-state index contributed by atoms with van der Waals surface area (Å²) >= 11 is 0. The second-order valence-electron chi connectivity index (χ2n) is 9.66. The molecule has 0 aromatic carbocycles. The van der Waals surface area contributed by atoms with Crippen LogP contribution in [0.1, 0.15) is 116 Å². The Balaban J connectivity index is 0.0000116.